The molecule has 164 valence electrons. The number of nitrogens with zero attached hydrogens (tertiary/aromatic N) is 1. The molecule has 1 saturated heterocycles. The second-order valence-corrected chi connectivity index (χ2v) is 7.89. The molecule has 0 spiro atoms. The molecular formula is C26H25FN2O3. The van der Waals surface area contributed by atoms with E-state index in [1.54, 1.807) is 18.1 Å². The summed E-state index contributed by atoms with van der Waals surface area (Å²) >= 11 is 0. The third-order valence-corrected chi connectivity index (χ3v) is 5.66. The number of benzene rings is 3. The average molecular weight is 432 g/mol. The summed E-state index contributed by atoms with van der Waals surface area (Å²) < 4.78 is 18.9. The number of ether oxygens (including phenoxy) is 1. The monoisotopic (exact) mass is 432 g/mol. The summed E-state index contributed by atoms with van der Waals surface area (Å²) in [5.41, 5.74) is 3.35. The Morgan fingerprint density at radius 3 is 2.59 bits per heavy atom. The Balaban J connectivity index is 1.53. The summed E-state index contributed by atoms with van der Waals surface area (Å²) in [7, 11) is 1.64. The molecule has 6 heteroatoms. The van der Waals surface area contributed by atoms with Crippen molar-refractivity contribution in [2.24, 2.45) is 5.92 Å². The highest BCUT2D eigenvalue weighted by molar-refractivity contribution is 5.95. The Hall–Kier alpha value is -3.67. The van der Waals surface area contributed by atoms with Crippen LogP contribution in [0.15, 0.2) is 72.8 Å². The SMILES string of the molecule is COc1cccc(-c2cccc(C[C@@H]3CN(C(=O)c4cccc(F)c4)CCNC3=O)c2)c1. The van der Waals surface area contributed by atoms with Crippen LogP contribution in [0.4, 0.5) is 4.39 Å². The maximum atomic E-state index is 13.6. The van der Waals surface area contributed by atoms with Crippen molar-refractivity contribution in [1.29, 1.82) is 0 Å². The van der Waals surface area contributed by atoms with Gasteiger partial charge >= 0.3 is 0 Å². The highest BCUT2D eigenvalue weighted by Crippen LogP contribution is 2.26. The minimum absolute atomic E-state index is 0.0775. The molecule has 3 aromatic rings. The molecule has 0 aromatic heterocycles. The molecule has 0 radical (unpaired) electrons. The van der Waals surface area contributed by atoms with Crippen molar-refractivity contribution in [2.75, 3.05) is 26.7 Å². The molecule has 0 bridgehead atoms. The average Bonchev–Trinajstić information content (AvgIpc) is 3.00. The fourth-order valence-electron chi connectivity index (χ4n) is 4.01. The van der Waals surface area contributed by atoms with Crippen LogP contribution in [-0.4, -0.2) is 43.5 Å². The zero-order chi connectivity index (χ0) is 22.5. The Bertz CT molecular complexity index is 1130. The van der Waals surface area contributed by atoms with Gasteiger partial charge in [0.1, 0.15) is 11.6 Å². The van der Waals surface area contributed by atoms with E-state index in [4.69, 9.17) is 4.74 Å². The first-order chi connectivity index (χ1) is 15.5. The normalized spacial score (nSPS) is 16.2. The minimum Gasteiger partial charge on any atom is -0.497 e. The van der Waals surface area contributed by atoms with Crippen molar-refractivity contribution in [1.82, 2.24) is 10.2 Å². The van der Waals surface area contributed by atoms with Crippen LogP contribution in [0.2, 0.25) is 0 Å². The van der Waals surface area contributed by atoms with Gasteiger partial charge in [0.15, 0.2) is 0 Å². The van der Waals surface area contributed by atoms with E-state index in [1.807, 2.05) is 42.5 Å². The Morgan fingerprint density at radius 2 is 1.81 bits per heavy atom. The summed E-state index contributed by atoms with van der Waals surface area (Å²) in [4.78, 5) is 27.2. The lowest BCUT2D eigenvalue weighted by atomic mass is 9.95. The van der Waals surface area contributed by atoms with Gasteiger partial charge in [0.25, 0.3) is 5.91 Å². The van der Waals surface area contributed by atoms with Gasteiger partial charge in [-0.15, -0.1) is 0 Å². The van der Waals surface area contributed by atoms with E-state index in [0.29, 0.717) is 19.5 Å². The first kappa shape index (κ1) is 21.6. The summed E-state index contributed by atoms with van der Waals surface area (Å²) in [5, 5.41) is 2.90. The maximum Gasteiger partial charge on any atom is 0.254 e. The van der Waals surface area contributed by atoms with Crippen LogP contribution in [0.1, 0.15) is 15.9 Å². The number of carbonyl (C=O) groups is 2. The highest BCUT2D eigenvalue weighted by atomic mass is 19.1. The number of nitrogens with one attached hydrogen (secondary N) is 1. The lowest BCUT2D eigenvalue weighted by Crippen LogP contribution is -2.37. The maximum absolute atomic E-state index is 13.6. The van der Waals surface area contributed by atoms with Crippen LogP contribution in [0.25, 0.3) is 11.1 Å². The molecule has 1 atom stereocenters. The molecule has 4 rings (SSSR count). The van der Waals surface area contributed by atoms with Crippen molar-refractivity contribution in [3.63, 3.8) is 0 Å². The summed E-state index contributed by atoms with van der Waals surface area (Å²) in [5.74, 6) is -0.411. The molecule has 1 N–H and O–H groups in total. The highest BCUT2D eigenvalue weighted by Gasteiger charge is 2.28. The van der Waals surface area contributed by atoms with Gasteiger partial charge in [0, 0.05) is 25.2 Å². The Labute approximate surface area is 186 Å². The van der Waals surface area contributed by atoms with E-state index in [0.717, 1.165) is 22.4 Å². The van der Waals surface area contributed by atoms with E-state index < -0.39 is 11.7 Å². The molecule has 1 fully saturated rings. The molecule has 3 aromatic carbocycles. The zero-order valence-corrected chi connectivity index (χ0v) is 17.9. The molecular weight excluding hydrogens is 407 g/mol. The Morgan fingerprint density at radius 1 is 1.06 bits per heavy atom. The standard InChI is InChI=1S/C26H25FN2O3/c1-32-24-10-4-7-20(16-24)19-6-2-5-18(13-19)14-22-17-29(12-11-28-25(22)30)26(31)21-8-3-9-23(27)15-21/h2-10,13,15-16,22H,11-12,14,17H2,1H3,(H,28,30)/t22-/m1/s1. The van der Waals surface area contributed by atoms with E-state index in [1.165, 1.54) is 18.2 Å². The summed E-state index contributed by atoms with van der Waals surface area (Å²) in [6.07, 6.45) is 0.497. The summed E-state index contributed by atoms with van der Waals surface area (Å²) in [6.45, 7) is 1.05. The number of carbonyl (C=O) groups excluding carboxylic acids is 2. The molecule has 32 heavy (non-hydrogen) atoms. The predicted molar refractivity (Wildman–Crippen MR) is 121 cm³/mol. The van der Waals surface area contributed by atoms with E-state index in [9.17, 15) is 14.0 Å². The lowest BCUT2D eigenvalue weighted by Gasteiger charge is -2.23. The van der Waals surface area contributed by atoms with Gasteiger partial charge in [-0.05, 0) is 53.4 Å². The first-order valence-corrected chi connectivity index (χ1v) is 10.6. The molecule has 5 nitrogen and oxygen atoms in total. The molecule has 0 aliphatic carbocycles. The third kappa shape index (κ3) is 4.97. The quantitative estimate of drug-likeness (QED) is 0.665. The third-order valence-electron chi connectivity index (χ3n) is 5.66. The molecule has 0 unspecified atom stereocenters. The fourth-order valence-corrected chi connectivity index (χ4v) is 4.01. The van der Waals surface area contributed by atoms with Gasteiger partial charge in [-0.1, -0.05) is 42.5 Å². The van der Waals surface area contributed by atoms with Gasteiger partial charge in [0.05, 0.1) is 13.0 Å². The number of halogens is 1. The van der Waals surface area contributed by atoms with Crippen LogP contribution in [0.5, 0.6) is 5.75 Å². The lowest BCUT2D eigenvalue weighted by molar-refractivity contribution is -0.124. The van der Waals surface area contributed by atoms with Gasteiger partial charge in [-0.3, -0.25) is 9.59 Å². The minimum atomic E-state index is -0.453. The number of hydrogen-bond acceptors (Lipinski definition) is 3. The number of amides is 2. The topological polar surface area (TPSA) is 58.6 Å². The fraction of sp³-hybridized carbons (Fsp3) is 0.231. The van der Waals surface area contributed by atoms with Crippen LogP contribution in [-0.2, 0) is 11.2 Å². The second-order valence-electron chi connectivity index (χ2n) is 7.89. The van der Waals surface area contributed by atoms with Crippen LogP contribution < -0.4 is 10.1 Å². The van der Waals surface area contributed by atoms with E-state index in [2.05, 4.69) is 11.4 Å². The van der Waals surface area contributed by atoms with Crippen molar-refractivity contribution in [2.45, 2.75) is 6.42 Å². The predicted octanol–water partition coefficient (Wildman–Crippen LogP) is 3.93. The molecule has 2 amide bonds. The van der Waals surface area contributed by atoms with Gasteiger partial charge < -0.3 is 15.0 Å². The van der Waals surface area contributed by atoms with Crippen molar-refractivity contribution in [3.8, 4) is 16.9 Å². The van der Waals surface area contributed by atoms with Crippen molar-refractivity contribution >= 4 is 11.8 Å². The van der Waals surface area contributed by atoms with Gasteiger partial charge in [-0.2, -0.15) is 0 Å². The Kier molecular flexibility index (Phi) is 6.50. The molecule has 1 heterocycles. The van der Waals surface area contributed by atoms with Gasteiger partial charge in [-0.25, -0.2) is 4.39 Å². The molecule has 1 aliphatic rings. The van der Waals surface area contributed by atoms with Crippen LogP contribution >= 0.6 is 0 Å². The number of methoxy groups -OCH3 is 1. The van der Waals surface area contributed by atoms with Crippen LogP contribution in [0, 0.1) is 11.7 Å². The summed E-state index contributed by atoms with van der Waals surface area (Å²) in [6, 6.07) is 21.5. The van der Waals surface area contributed by atoms with Gasteiger partial charge in [0.2, 0.25) is 5.91 Å². The van der Waals surface area contributed by atoms with Crippen LogP contribution in [0.3, 0.4) is 0 Å². The van der Waals surface area contributed by atoms with Crippen molar-refractivity contribution < 1.29 is 18.7 Å². The largest absolute Gasteiger partial charge is 0.497 e. The second kappa shape index (κ2) is 9.64. The van der Waals surface area contributed by atoms with E-state index in [-0.39, 0.29) is 23.9 Å². The molecule has 0 saturated carbocycles. The molecule has 1 aliphatic heterocycles. The smallest absolute Gasteiger partial charge is 0.254 e. The zero-order valence-electron chi connectivity index (χ0n) is 17.9. The first-order valence-electron chi connectivity index (χ1n) is 10.6. The van der Waals surface area contributed by atoms with E-state index >= 15 is 0 Å². The number of rotatable bonds is 5. The number of hydrogen-bond donors (Lipinski definition) is 1. The van der Waals surface area contributed by atoms with Crippen molar-refractivity contribution in [3.05, 3.63) is 89.7 Å².